The molecule has 4 heteroatoms. The average Bonchev–Trinajstić information content (AvgIpc) is 2.27. The fourth-order valence-corrected chi connectivity index (χ4v) is 1.38. The van der Waals surface area contributed by atoms with Crippen molar-refractivity contribution < 1.29 is 14.6 Å². The minimum atomic E-state index is -0.882. The van der Waals surface area contributed by atoms with Gasteiger partial charge in [0.15, 0.2) is 0 Å². The lowest BCUT2D eigenvalue weighted by molar-refractivity contribution is -0.143. The molecule has 4 nitrogen and oxygen atoms in total. The molecule has 0 aliphatic carbocycles. The van der Waals surface area contributed by atoms with Crippen LogP contribution in [0.3, 0.4) is 0 Å². The molecule has 1 aliphatic rings. The molecule has 0 amide bonds. The van der Waals surface area contributed by atoms with Crippen LogP contribution < -0.4 is 0 Å². The predicted molar refractivity (Wildman–Crippen MR) is 40.3 cm³/mol. The van der Waals surface area contributed by atoms with Crippen molar-refractivity contribution in [1.29, 1.82) is 5.26 Å². The van der Waals surface area contributed by atoms with Gasteiger partial charge in [-0.3, -0.25) is 4.79 Å². The number of carbonyl (C=O) groups is 1. The van der Waals surface area contributed by atoms with E-state index in [1.807, 2.05) is 6.07 Å². The smallest absolute Gasteiger partial charge is 0.307 e. The number of nitriles is 1. The quantitative estimate of drug-likeness (QED) is 0.625. The highest BCUT2D eigenvalue weighted by atomic mass is 16.5. The predicted octanol–water partition coefficient (Wildman–Crippen LogP) is 0.637. The first kappa shape index (κ1) is 9.01. The van der Waals surface area contributed by atoms with Crippen molar-refractivity contribution in [3.8, 4) is 6.07 Å². The molecular formula is C8H11NO3. The fraction of sp³-hybridized carbons (Fsp3) is 0.750. The van der Waals surface area contributed by atoms with Gasteiger partial charge in [-0.25, -0.2) is 0 Å². The van der Waals surface area contributed by atoms with Crippen molar-refractivity contribution in [2.45, 2.75) is 12.8 Å². The van der Waals surface area contributed by atoms with Gasteiger partial charge >= 0.3 is 5.97 Å². The van der Waals surface area contributed by atoms with E-state index < -0.39 is 11.9 Å². The number of rotatable bonds is 1. The van der Waals surface area contributed by atoms with Crippen molar-refractivity contribution in [2.75, 3.05) is 13.2 Å². The molecule has 0 aromatic heterocycles. The van der Waals surface area contributed by atoms with E-state index in [0.29, 0.717) is 26.1 Å². The summed E-state index contributed by atoms with van der Waals surface area (Å²) < 4.78 is 5.09. The van der Waals surface area contributed by atoms with E-state index in [0.717, 1.165) is 0 Å². The van der Waals surface area contributed by atoms with E-state index in [4.69, 9.17) is 15.1 Å². The Labute approximate surface area is 70.7 Å². The summed E-state index contributed by atoms with van der Waals surface area (Å²) in [6.45, 7) is 0.956. The third-order valence-corrected chi connectivity index (χ3v) is 2.12. The number of ether oxygens (including phenoxy) is 1. The minimum Gasteiger partial charge on any atom is -0.481 e. The van der Waals surface area contributed by atoms with Crippen molar-refractivity contribution in [3.05, 3.63) is 0 Å². The molecule has 1 rings (SSSR count). The van der Waals surface area contributed by atoms with Crippen LogP contribution in [0.5, 0.6) is 0 Å². The number of hydrogen-bond acceptors (Lipinski definition) is 3. The maximum atomic E-state index is 10.7. The van der Waals surface area contributed by atoms with Crippen LogP contribution >= 0.6 is 0 Å². The van der Waals surface area contributed by atoms with Crippen molar-refractivity contribution in [3.63, 3.8) is 0 Å². The van der Waals surface area contributed by atoms with E-state index in [1.165, 1.54) is 0 Å². The first-order chi connectivity index (χ1) is 5.75. The molecule has 0 radical (unpaired) electrons. The number of nitrogens with zero attached hydrogens (tertiary/aromatic N) is 1. The molecule has 1 saturated heterocycles. The van der Waals surface area contributed by atoms with E-state index in [9.17, 15) is 4.79 Å². The zero-order chi connectivity index (χ0) is 8.97. The van der Waals surface area contributed by atoms with E-state index in [1.54, 1.807) is 0 Å². The molecule has 1 aliphatic heterocycles. The summed E-state index contributed by atoms with van der Waals surface area (Å²) in [5.74, 6) is -1.81. The second-order valence-electron chi connectivity index (χ2n) is 2.87. The molecule has 0 aromatic carbocycles. The molecule has 0 aromatic rings. The number of carboxylic acids is 1. The largest absolute Gasteiger partial charge is 0.481 e. The van der Waals surface area contributed by atoms with Gasteiger partial charge in [-0.2, -0.15) is 5.26 Å². The summed E-state index contributed by atoms with van der Waals surface area (Å²) in [5, 5.41) is 17.4. The molecule has 1 N–H and O–H groups in total. The molecule has 0 spiro atoms. The summed E-state index contributed by atoms with van der Waals surface area (Å²) in [6, 6.07) is 2.01. The van der Waals surface area contributed by atoms with Gasteiger partial charge in [0.05, 0.1) is 17.9 Å². The Hall–Kier alpha value is -1.08. The van der Waals surface area contributed by atoms with Gasteiger partial charge in [0, 0.05) is 13.2 Å². The minimum absolute atomic E-state index is 0.384. The lowest BCUT2D eigenvalue weighted by Gasteiger charge is -2.12. The van der Waals surface area contributed by atoms with E-state index in [2.05, 4.69) is 0 Å². The molecule has 12 heavy (non-hydrogen) atoms. The maximum absolute atomic E-state index is 10.7. The van der Waals surface area contributed by atoms with Gasteiger partial charge in [-0.05, 0) is 12.8 Å². The van der Waals surface area contributed by atoms with E-state index in [-0.39, 0.29) is 5.92 Å². The van der Waals surface area contributed by atoms with Crippen molar-refractivity contribution in [2.24, 2.45) is 11.8 Å². The molecule has 1 fully saturated rings. The summed E-state index contributed by atoms with van der Waals surface area (Å²) in [6.07, 6.45) is 0.987. The third kappa shape index (κ3) is 1.95. The van der Waals surface area contributed by atoms with Crippen LogP contribution in [0, 0.1) is 23.2 Å². The summed E-state index contributed by atoms with van der Waals surface area (Å²) >= 11 is 0. The second kappa shape index (κ2) is 4.07. The molecule has 2 unspecified atom stereocenters. The van der Waals surface area contributed by atoms with Gasteiger partial charge in [0.1, 0.15) is 0 Å². The van der Waals surface area contributed by atoms with Gasteiger partial charge in [0.25, 0.3) is 0 Å². The lowest BCUT2D eigenvalue weighted by Crippen LogP contribution is -2.22. The molecule has 2 atom stereocenters. The Morgan fingerprint density at radius 3 is 2.75 bits per heavy atom. The molecular weight excluding hydrogens is 158 g/mol. The van der Waals surface area contributed by atoms with Crippen LogP contribution in [0.4, 0.5) is 0 Å². The van der Waals surface area contributed by atoms with Gasteiger partial charge < -0.3 is 9.84 Å². The summed E-state index contributed by atoms with van der Waals surface area (Å²) in [4.78, 5) is 10.7. The van der Waals surface area contributed by atoms with Crippen LogP contribution in [-0.2, 0) is 9.53 Å². The first-order valence-corrected chi connectivity index (χ1v) is 3.96. The number of carboxylic acid groups (broad SMARTS) is 1. The highest BCUT2D eigenvalue weighted by Crippen LogP contribution is 2.22. The summed E-state index contributed by atoms with van der Waals surface area (Å²) in [7, 11) is 0. The monoisotopic (exact) mass is 169 g/mol. The van der Waals surface area contributed by atoms with Crippen molar-refractivity contribution >= 4 is 5.97 Å². The lowest BCUT2D eigenvalue weighted by atomic mass is 9.89. The van der Waals surface area contributed by atoms with Crippen LogP contribution in [0.1, 0.15) is 12.8 Å². The molecule has 66 valence electrons. The van der Waals surface area contributed by atoms with Gasteiger partial charge in [-0.15, -0.1) is 0 Å². The first-order valence-electron chi connectivity index (χ1n) is 3.96. The summed E-state index contributed by atoms with van der Waals surface area (Å²) in [5.41, 5.74) is 0. The second-order valence-corrected chi connectivity index (χ2v) is 2.87. The molecule has 1 heterocycles. The zero-order valence-corrected chi connectivity index (χ0v) is 6.69. The number of hydrogen-bond donors (Lipinski definition) is 1. The Bertz CT molecular complexity index is 209. The zero-order valence-electron chi connectivity index (χ0n) is 6.69. The highest BCUT2D eigenvalue weighted by molar-refractivity contribution is 5.70. The topological polar surface area (TPSA) is 70.3 Å². The van der Waals surface area contributed by atoms with Crippen LogP contribution in [0.2, 0.25) is 0 Å². The Balaban J connectivity index is 2.65. The van der Waals surface area contributed by atoms with E-state index >= 15 is 0 Å². The van der Waals surface area contributed by atoms with Crippen LogP contribution in [0.25, 0.3) is 0 Å². The standard InChI is InChI=1S/C8H11NO3/c9-5-6-1-3-12-4-2-7(6)8(10)11/h6-7H,1-4H2,(H,10,11). The van der Waals surface area contributed by atoms with Gasteiger partial charge in [-0.1, -0.05) is 0 Å². The third-order valence-electron chi connectivity index (χ3n) is 2.12. The normalized spacial score (nSPS) is 30.2. The van der Waals surface area contributed by atoms with Crippen LogP contribution in [-0.4, -0.2) is 24.3 Å². The fourth-order valence-electron chi connectivity index (χ4n) is 1.38. The van der Waals surface area contributed by atoms with Gasteiger partial charge in [0.2, 0.25) is 0 Å². The molecule has 0 bridgehead atoms. The average molecular weight is 169 g/mol. The SMILES string of the molecule is N#CC1CCOCCC1C(=O)O. The van der Waals surface area contributed by atoms with Crippen molar-refractivity contribution in [1.82, 2.24) is 0 Å². The Morgan fingerprint density at radius 2 is 2.17 bits per heavy atom. The van der Waals surface area contributed by atoms with Crippen LogP contribution in [0.15, 0.2) is 0 Å². The Kier molecular flexibility index (Phi) is 3.06. The maximum Gasteiger partial charge on any atom is 0.307 e. The molecule has 0 saturated carbocycles. The number of aliphatic carboxylic acids is 1. The Morgan fingerprint density at radius 1 is 1.50 bits per heavy atom. The highest BCUT2D eigenvalue weighted by Gasteiger charge is 2.29.